The van der Waals surface area contributed by atoms with Gasteiger partial charge in [0.25, 0.3) is 11.6 Å². The van der Waals surface area contributed by atoms with E-state index in [0.29, 0.717) is 24.2 Å². The fraction of sp³-hybridized carbons (Fsp3) is 0.250. The second-order valence-corrected chi connectivity index (χ2v) is 6.82. The largest absolute Gasteiger partial charge is 0.350 e. The van der Waals surface area contributed by atoms with Gasteiger partial charge in [0, 0.05) is 54.8 Å². The molecule has 0 saturated carbocycles. The molecule has 1 fully saturated rings. The van der Waals surface area contributed by atoms with Gasteiger partial charge in [-0.15, -0.1) is 0 Å². The molecule has 27 heavy (non-hydrogen) atoms. The first kappa shape index (κ1) is 17.2. The molecule has 138 valence electrons. The molecule has 0 bridgehead atoms. The van der Waals surface area contributed by atoms with E-state index in [-0.39, 0.29) is 11.6 Å². The van der Waals surface area contributed by atoms with Crippen LogP contribution in [0.3, 0.4) is 0 Å². The van der Waals surface area contributed by atoms with E-state index >= 15 is 0 Å². The molecule has 7 nitrogen and oxygen atoms in total. The third-order valence-corrected chi connectivity index (χ3v) is 5.06. The van der Waals surface area contributed by atoms with Crippen molar-refractivity contribution in [1.82, 2.24) is 14.8 Å². The Hall–Kier alpha value is -3.19. The van der Waals surface area contributed by atoms with Gasteiger partial charge in [0.15, 0.2) is 0 Å². The van der Waals surface area contributed by atoms with Crippen molar-refractivity contribution in [3.8, 4) is 11.1 Å². The summed E-state index contributed by atoms with van der Waals surface area (Å²) in [6.45, 7) is 2.99. The van der Waals surface area contributed by atoms with Gasteiger partial charge in [-0.1, -0.05) is 30.3 Å². The van der Waals surface area contributed by atoms with Crippen molar-refractivity contribution in [2.24, 2.45) is 0 Å². The van der Waals surface area contributed by atoms with Gasteiger partial charge in [-0.05, 0) is 18.7 Å². The number of nitrogens with one attached hydrogen (secondary N) is 1. The quantitative estimate of drug-likeness (QED) is 0.572. The van der Waals surface area contributed by atoms with E-state index in [4.69, 9.17) is 0 Å². The number of carbonyl (C=O) groups is 1. The summed E-state index contributed by atoms with van der Waals surface area (Å²) in [5.41, 5.74) is 2.80. The van der Waals surface area contributed by atoms with Crippen LogP contribution in [0.25, 0.3) is 22.0 Å². The molecule has 0 spiro atoms. The summed E-state index contributed by atoms with van der Waals surface area (Å²) in [5, 5.41) is 11.9. The maximum absolute atomic E-state index is 13.2. The molecule has 2 aromatic carbocycles. The van der Waals surface area contributed by atoms with Crippen LogP contribution in [0, 0.1) is 10.1 Å². The van der Waals surface area contributed by atoms with Crippen LogP contribution in [0.5, 0.6) is 0 Å². The number of amides is 1. The second kappa shape index (κ2) is 6.85. The number of rotatable bonds is 3. The van der Waals surface area contributed by atoms with Gasteiger partial charge in [0.05, 0.1) is 4.92 Å². The fourth-order valence-corrected chi connectivity index (χ4v) is 3.53. The van der Waals surface area contributed by atoms with Crippen LogP contribution in [0.4, 0.5) is 5.69 Å². The summed E-state index contributed by atoms with van der Waals surface area (Å²) in [5.74, 6) is -0.0687. The number of nitro groups is 1. The SMILES string of the molecule is CN1CCN(C(=O)c2[nH]c3ccc([N+](=O)[O-])cc3c2-c2ccccc2)CC1. The number of benzene rings is 2. The van der Waals surface area contributed by atoms with Crippen LogP contribution >= 0.6 is 0 Å². The lowest BCUT2D eigenvalue weighted by Crippen LogP contribution is -2.47. The maximum Gasteiger partial charge on any atom is 0.271 e. The minimum absolute atomic E-state index is 0.0114. The van der Waals surface area contributed by atoms with E-state index < -0.39 is 4.92 Å². The highest BCUT2D eigenvalue weighted by atomic mass is 16.6. The van der Waals surface area contributed by atoms with E-state index in [1.807, 2.05) is 42.3 Å². The fourth-order valence-electron chi connectivity index (χ4n) is 3.53. The molecule has 1 saturated heterocycles. The normalized spacial score (nSPS) is 15.2. The number of likely N-dealkylation sites (N-methyl/N-ethyl adjacent to an activating group) is 1. The molecule has 0 radical (unpaired) electrons. The molecule has 0 aliphatic carbocycles. The summed E-state index contributed by atoms with van der Waals surface area (Å²) < 4.78 is 0. The van der Waals surface area contributed by atoms with Crippen LogP contribution in [-0.2, 0) is 0 Å². The van der Waals surface area contributed by atoms with Crippen LogP contribution < -0.4 is 0 Å². The van der Waals surface area contributed by atoms with Gasteiger partial charge in [-0.2, -0.15) is 0 Å². The van der Waals surface area contributed by atoms with Crippen molar-refractivity contribution in [2.45, 2.75) is 0 Å². The van der Waals surface area contributed by atoms with E-state index in [1.54, 1.807) is 6.07 Å². The number of carbonyl (C=O) groups excluding carboxylic acids is 1. The zero-order valence-electron chi connectivity index (χ0n) is 15.0. The van der Waals surface area contributed by atoms with Crippen molar-refractivity contribution in [2.75, 3.05) is 33.2 Å². The molecule has 1 amide bonds. The summed E-state index contributed by atoms with van der Waals surface area (Å²) in [4.78, 5) is 31.3. The first-order valence-corrected chi connectivity index (χ1v) is 8.88. The average molecular weight is 364 g/mol. The van der Waals surface area contributed by atoms with Crippen molar-refractivity contribution in [1.29, 1.82) is 0 Å². The molecular weight excluding hydrogens is 344 g/mol. The smallest absolute Gasteiger partial charge is 0.271 e. The number of piperazine rings is 1. The van der Waals surface area contributed by atoms with Crippen molar-refractivity contribution >= 4 is 22.5 Å². The Kier molecular flexibility index (Phi) is 4.37. The molecule has 1 N–H and O–H groups in total. The number of aromatic nitrogens is 1. The Balaban J connectivity index is 1.86. The molecule has 4 rings (SSSR count). The number of H-pyrrole nitrogens is 1. The van der Waals surface area contributed by atoms with Gasteiger partial charge in [-0.25, -0.2) is 0 Å². The van der Waals surface area contributed by atoms with E-state index in [1.165, 1.54) is 12.1 Å². The first-order valence-electron chi connectivity index (χ1n) is 8.88. The van der Waals surface area contributed by atoms with Crippen LogP contribution in [0.2, 0.25) is 0 Å². The molecule has 3 aromatic rings. The van der Waals surface area contributed by atoms with E-state index in [2.05, 4.69) is 9.88 Å². The number of aromatic amines is 1. The van der Waals surface area contributed by atoms with Crippen LogP contribution in [0.1, 0.15) is 10.5 Å². The number of non-ortho nitro benzene ring substituents is 1. The summed E-state index contributed by atoms with van der Waals surface area (Å²) in [7, 11) is 2.04. The Morgan fingerprint density at radius 2 is 1.78 bits per heavy atom. The Morgan fingerprint density at radius 1 is 1.07 bits per heavy atom. The van der Waals surface area contributed by atoms with Crippen molar-refractivity contribution in [3.05, 3.63) is 64.3 Å². The van der Waals surface area contributed by atoms with Gasteiger partial charge >= 0.3 is 0 Å². The average Bonchev–Trinajstić information content (AvgIpc) is 3.07. The third-order valence-electron chi connectivity index (χ3n) is 5.06. The molecule has 1 aliphatic heterocycles. The zero-order valence-corrected chi connectivity index (χ0v) is 15.0. The molecule has 7 heteroatoms. The third kappa shape index (κ3) is 3.17. The number of nitro benzene ring substituents is 1. The second-order valence-electron chi connectivity index (χ2n) is 6.82. The standard InChI is InChI=1S/C20H20N4O3/c1-22-9-11-23(12-10-22)20(25)19-18(14-5-3-2-4-6-14)16-13-15(24(26)27)7-8-17(16)21-19/h2-8,13,21H,9-12H2,1H3. The Morgan fingerprint density at radius 3 is 2.44 bits per heavy atom. The topological polar surface area (TPSA) is 82.5 Å². The number of hydrogen-bond acceptors (Lipinski definition) is 4. The molecule has 0 atom stereocenters. The highest BCUT2D eigenvalue weighted by molar-refractivity contribution is 6.10. The maximum atomic E-state index is 13.2. The molecular formula is C20H20N4O3. The van der Waals surface area contributed by atoms with E-state index in [9.17, 15) is 14.9 Å². The predicted octanol–water partition coefficient (Wildman–Crippen LogP) is 3.13. The Labute approximate surface area is 156 Å². The number of fused-ring (bicyclic) bond motifs is 1. The lowest BCUT2D eigenvalue weighted by atomic mass is 10.0. The first-order chi connectivity index (χ1) is 13.0. The number of hydrogen-bond donors (Lipinski definition) is 1. The molecule has 0 unspecified atom stereocenters. The van der Waals surface area contributed by atoms with Gasteiger partial charge in [-0.3, -0.25) is 14.9 Å². The van der Waals surface area contributed by atoms with Crippen LogP contribution in [0.15, 0.2) is 48.5 Å². The lowest BCUT2D eigenvalue weighted by Gasteiger charge is -2.32. The van der Waals surface area contributed by atoms with Crippen molar-refractivity contribution < 1.29 is 9.72 Å². The van der Waals surface area contributed by atoms with Gasteiger partial charge in [0.2, 0.25) is 0 Å². The van der Waals surface area contributed by atoms with Crippen molar-refractivity contribution in [3.63, 3.8) is 0 Å². The van der Waals surface area contributed by atoms with Gasteiger partial charge < -0.3 is 14.8 Å². The summed E-state index contributed by atoms with van der Waals surface area (Å²) in [6.07, 6.45) is 0. The lowest BCUT2D eigenvalue weighted by molar-refractivity contribution is -0.384. The molecule has 1 aliphatic rings. The van der Waals surface area contributed by atoms with E-state index in [0.717, 1.165) is 29.7 Å². The molecule has 1 aromatic heterocycles. The highest BCUT2D eigenvalue weighted by Gasteiger charge is 2.26. The van der Waals surface area contributed by atoms with Gasteiger partial charge in [0.1, 0.15) is 5.69 Å². The Bertz CT molecular complexity index is 1000. The predicted molar refractivity (Wildman–Crippen MR) is 104 cm³/mol. The van der Waals surface area contributed by atoms with Crippen LogP contribution in [-0.4, -0.2) is 58.8 Å². The number of nitrogens with zero attached hydrogens (tertiary/aromatic N) is 3. The minimum atomic E-state index is -0.414. The summed E-state index contributed by atoms with van der Waals surface area (Å²) in [6, 6.07) is 14.2. The minimum Gasteiger partial charge on any atom is -0.350 e. The molecule has 2 heterocycles. The zero-order chi connectivity index (χ0) is 19.0. The monoisotopic (exact) mass is 364 g/mol. The highest BCUT2D eigenvalue weighted by Crippen LogP contribution is 2.35. The summed E-state index contributed by atoms with van der Waals surface area (Å²) >= 11 is 0.